The van der Waals surface area contributed by atoms with Crippen molar-refractivity contribution in [2.45, 2.75) is 32.1 Å². The molecule has 20 heavy (non-hydrogen) atoms. The Kier molecular flexibility index (Phi) is 3.62. The van der Waals surface area contributed by atoms with E-state index in [4.69, 9.17) is 0 Å². The zero-order valence-corrected chi connectivity index (χ0v) is 11.5. The van der Waals surface area contributed by atoms with Crippen LogP contribution in [0.15, 0.2) is 18.7 Å². The van der Waals surface area contributed by atoms with Gasteiger partial charge < -0.3 is 9.88 Å². The van der Waals surface area contributed by atoms with E-state index in [2.05, 4.69) is 19.9 Å². The van der Waals surface area contributed by atoms with Gasteiger partial charge in [0.05, 0.1) is 5.69 Å². The van der Waals surface area contributed by atoms with Gasteiger partial charge in [0.2, 0.25) is 0 Å². The fourth-order valence-corrected chi connectivity index (χ4v) is 2.73. The van der Waals surface area contributed by atoms with Crippen LogP contribution >= 0.6 is 0 Å². The molecule has 0 amide bonds. The Morgan fingerprint density at radius 3 is 2.75 bits per heavy atom. The molecule has 0 spiro atoms. The van der Waals surface area contributed by atoms with Crippen LogP contribution in [0.25, 0.3) is 0 Å². The summed E-state index contributed by atoms with van der Waals surface area (Å²) in [7, 11) is 0. The first kappa shape index (κ1) is 13.0. The van der Waals surface area contributed by atoms with Gasteiger partial charge in [0, 0.05) is 31.4 Å². The summed E-state index contributed by atoms with van der Waals surface area (Å²) < 4.78 is 14.2. The van der Waals surface area contributed by atoms with Gasteiger partial charge >= 0.3 is 0 Å². The average Bonchev–Trinajstić information content (AvgIpc) is 3.02. The number of aromatic amines is 1. The van der Waals surface area contributed by atoms with Crippen molar-refractivity contribution in [3.63, 3.8) is 0 Å². The smallest absolute Gasteiger partial charge is 0.187 e. The van der Waals surface area contributed by atoms with Crippen LogP contribution in [0.1, 0.15) is 37.2 Å². The first-order valence-electron chi connectivity index (χ1n) is 7.03. The van der Waals surface area contributed by atoms with Crippen LogP contribution in [-0.4, -0.2) is 33.0 Å². The molecule has 106 valence electrons. The molecule has 1 fully saturated rings. The molecular formula is C14H18FN5. The Morgan fingerprint density at radius 1 is 1.30 bits per heavy atom. The number of imidazole rings is 1. The number of nitrogens with zero attached hydrogens (tertiary/aromatic N) is 4. The quantitative estimate of drug-likeness (QED) is 0.933. The number of halogens is 1. The van der Waals surface area contributed by atoms with Gasteiger partial charge in [-0.15, -0.1) is 0 Å². The first-order valence-corrected chi connectivity index (χ1v) is 7.03. The lowest BCUT2D eigenvalue weighted by Crippen LogP contribution is -2.34. The highest BCUT2D eigenvalue weighted by atomic mass is 19.1. The lowest BCUT2D eigenvalue weighted by atomic mass is 9.96. The summed E-state index contributed by atoms with van der Waals surface area (Å²) in [6.07, 6.45) is 7.58. The van der Waals surface area contributed by atoms with Crippen molar-refractivity contribution in [1.82, 2.24) is 19.9 Å². The second-order valence-corrected chi connectivity index (χ2v) is 5.05. The predicted octanol–water partition coefficient (Wildman–Crippen LogP) is 2.29. The maximum Gasteiger partial charge on any atom is 0.187 e. The molecule has 0 unspecified atom stereocenters. The van der Waals surface area contributed by atoms with Gasteiger partial charge in [-0.25, -0.2) is 19.3 Å². The van der Waals surface area contributed by atoms with Gasteiger partial charge in [0.1, 0.15) is 12.2 Å². The number of anilines is 1. The normalized spacial score (nSPS) is 16.6. The highest BCUT2D eigenvalue weighted by Crippen LogP contribution is 2.29. The molecule has 2 aromatic heterocycles. The van der Waals surface area contributed by atoms with Crippen molar-refractivity contribution in [3.05, 3.63) is 36.1 Å². The van der Waals surface area contributed by atoms with Crippen molar-refractivity contribution in [2.75, 3.05) is 18.0 Å². The van der Waals surface area contributed by atoms with E-state index in [-0.39, 0.29) is 5.82 Å². The second kappa shape index (κ2) is 5.56. The van der Waals surface area contributed by atoms with Gasteiger partial charge in [0.25, 0.3) is 0 Å². The van der Waals surface area contributed by atoms with Gasteiger partial charge in [-0.3, -0.25) is 0 Å². The van der Waals surface area contributed by atoms with E-state index in [1.165, 1.54) is 6.33 Å². The summed E-state index contributed by atoms with van der Waals surface area (Å²) in [6, 6.07) is 0. The van der Waals surface area contributed by atoms with Crippen molar-refractivity contribution < 1.29 is 4.39 Å². The van der Waals surface area contributed by atoms with Crippen LogP contribution in [0.4, 0.5) is 10.2 Å². The largest absolute Gasteiger partial charge is 0.354 e. The molecular weight excluding hydrogens is 257 g/mol. The number of rotatable bonds is 3. The molecule has 0 radical (unpaired) electrons. The van der Waals surface area contributed by atoms with Gasteiger partial charge in [-0.05, 0) is 19.3 Å². The zero-order valence-electron chi connectivity index (χ0n) is 11.5. The number of aryl methyl sites for hydroxylation is 1. The van der Waals surface area contributed by atoms with Crippen molar-refractivity contribution in [2.24, 2.45) is 0 Å². The van der Waals surface area contributed by atoms with E-state index in [0.29, 0.717) is 23.9 Å². The van der Waals surface area contributed by atoms with Crippen molar-refractivity contribution in [3.8, 4) is 0 Å². The maximum atomic E-state index is 14.2. The maximum absolute atomic E-state index is 14.2. The summed E-state index contributed by atoms with van der Waals surface area (Å²) in [5.74, 6) is 1.63. The van der Waals surface area contributed by atoms with Gasteiger partial charge in [0.15, 0.2) is 11.6 Å². The fourth-order valence-electron chi connectivity index (χ4n) is 2.73. The molecule has 1 aliphatic rings. The van der Waals surface area contributed by atoms with Gasteiger partial charge in [-0.1, -0.05) is 6.92 Å². The van der Waals surface area contributed by atoms with E-state index in [1.807, 2.05) is 18.0 Å². The summed E-state index contributed by atoms with van der Waals surface area (Å²) >= 11 is 0. The molecule has 0 aromatic carbocycles. The van der Waals surface area contributed by atoms with Crippen LogP contribution in [0.5, 0.6) is 0 Å². The summed E-state index contributed by atoms with van der Waals surface area (Å²) in [6.45, 7) is 3.49. The molecule has 0 bridgehead atoms. The summed E-state index contributed by atoms with van der Waals surface area (Å²) in [4.78, 5) is 17.6. The molecule has 0 atom stereocenters. The van der Waals surface area contributed by atoms with E-state index in [1.54, 1.807) is 6.20 Å². The number of hydrogen-bond acceptors (Lipinski definition) is 4. The molecule has 1 aliphatic heterocycles. The molecule has 2 aromatic rings. The molecule has 1 N–H and O–H groups in total. The van der Waals surface area contributed by atoms with E-state index in [0.717, 1.165) is 31.8 Å². The third kappa shape index (κ3) is 2.37. The van der Waals surface area contributed by atoms with Crippen LogP contribution < -0.4 is 4.90 Å². The minimum absolute atomic E-state index is 0.272. The number of piperidine rings is 1. The molecule has 6 heteroatoms. The molecule has 3 heterocycles. The van der Waals surface area contributed by atoms with Crippen molar-refractivity contribution in [1.29, 1.82) is 0 Å². The predicted molar refractivity (Wildman–Crippen MR) is 74.1 cm³/mol. The lowest BCUT2D eigenvalue weighted by molar-refractivity contribution is 0.476. The minimum atomic E-state index is -0.272. The monoisotopic (exact) mass is 275 g/mol. The molecule has 5 nitrogen and oxygen atoms in total. The average molecular weight is 275 g/mol. The standard InChI is InChI=1S/C14H18FN5/c1-2-11-12(15)14(19-9-18-11)20-7-3-10(4-8-20)13-16-5-6-17-13/h5-6,9-10H,2-4,7-8H2,1H3,(H,16,17). The number of H-pyrrole nitrogens is 1. The Labute approximate surface area is 117 Å². The zero-order chi connectivity index (χ0) is 13.9. The van der Waals surface area contributed by atoms with E-state index in [9.17, 15) is 4.39 Å². The fraction of sp³-hybridized carbons (Fsp3) is 0.500. The highest BCUT2D eigenvalue weighted by molar-refractivity contribution is 5.41. The highest BCUT2D eigenvalue weighted by Gasteiger charge is 2.25. The summed E-state index contributed by atoms with van der Waals surface area (Å²) in [5.41, 5.74) is 0.489. The Morgan fingerprint density at radius 2 is 2.10 bits per heavy atom. The SMILES string of the molecule is CCc1ncnc(N2CCC(c3ncc[nH]3)CC2)c1F. The molecule has 0 aliphatic carbocycles. The molecule has 0 saturated carbocycles. The number of aromatic nitrogens is 4. The number of nitrogens with one attached hydrogen (secondary N) is 1. The Bertz CT molecular complexity index is 561. The van der Waals surface area contributed by atoms with E-state index < -0.39 is 0 Å². The molecule has 3 rings (SSSR count). The molecule has 1 saturated heterocycles. The van der Waals surface area contributed by atoms with Crippen molar-refractivity contribution >= 4 is 5.82 Å². The van der Waals surface area contributed by atoms with Crippen LogP contribution in [-0.2, 0) is 6.42 Å². The number of hydrogen-bond donors (Lipinski definition) is 1. The summed E-state index contributed by atoms with van der Waals surface area (Å²) in [5, 5.41) is 0. The van der Waals surface area contributed by atoms with Gasteiger partial charge in [-0.2, -0.15) is 0 Å². The van der Waals surface area contributed by atoms with Crippen LogP contribution in [0, 0.1) is 5.82 Å². The Balaban J connectivity index is 1.72. The van der Waals surface area contributed by atoms with E-state index >= 15 is 0 Å². The third-order valence-corrected chi connectivity index (χ3v) is 3.88. The second-order valence-electron chi connectivity index (χ2n) is 5.05. The first-order chi connectivity index (χ1) is 9.79. The third-order valence-electron chi connectivity index (χ3n) is 3.88. The van der Waals surface area contributed by atoms with Crippen LogP contribution in [0.3, 0.4) is 0 Å². The minimum Gasteiger partial charge on any atom is -0.354 e. The lowest BCUT2D eigenvalue weighted by Gasteiger charge is -2.32. The Hall–Kier alpha value is -1.98. The topological polar surface area (TPSA) is 57.7 Å². The van der Waals surface area contributed by atoms with Crippen LogP contribution in [0.2, 0.25) is 0 Å².